The average molecular weight is 280 g/mol. The van der Waals surface area contributed by atoms with Gasteiger partial charge in [0, 0.05) is 11.4 Å². The molecule has 0 spiro atoms. The number of hydrogen-bond donors (Lipinski definition) is 0. The molecule has 1 aliphatic rings. The van der Waals surface area contributed by atoms with Crippen LogP contribution in [0.25, 0.3) is 0 Å². The van der Waals surface area contributed by atoms with Crippen LogP contribution in [-0.2, 0) is 11.2 Å². The molecule has 1 aromatic rings. The lowest BCUT2D eigenvalue weighted by molar-refractivity contribution is -0.129. The fourth-order valence-electron chi connectivity index (χ4n) is 2.68. The third kappa shape index (κ3) is 3.58. The minimum absolute atomic E-state index is 0.275. The Morgan fingerprint density at radius 1 is 1.26 bits per heavy atom. The van der Waals surface area contributed by atoms with Crippen LogP contribution in [0.2, 0.25) is 5.02 Å². The highest BCUT2D eigenvalue weighted by Gasteiger charge is 2.34. The minimum Gasteiger partial charge on any atom is -0.297 e. The molecule has 3 heteroatoms. The van der Waals surface area contributed by atoms with Gasteiger partial charge >= 0.3 is 0 Å². The monoisotopic (exact) mass is 279 g/mol. The highest BCUT2D eigenvalue weighted by Crippen LogP contribution is 2.23. The quantitative estimate of drug-likeness (QED) is 0.837. The summed E-state index contributed by atoms with van der Waals surface area (Å²) in [5, 5.41) is 0.695. The van der Waals surface area contributed by atoms with Gasteiger partial charge in [0.05, 0.1) is 5.54 Å². The Morgan fingerprint density at radius 2 is 1.95 bits per heavy atom. The van der Waals surface area contributed by atoms with Crippen molar-refractivity contribution >= 4 is 17.4 Å². The first-order valence-corrected chi connectivity index (χ1v) is 7.41. The molecule has 19 heavy (non-hydrogen) atoms. The van der Waals surface area contributed by atoms with Crippen LogP contribution in [-0.4, -0.2) is 29.3 Å². The van der Waals surface area contributed by atoms with Gasteiger partial charge in [-0.3, -0.25) is 9.69 Å². The van der Waals surface area contributed by atoms with E-state index in [4.69, 9.17) is 11.6 Å². The minimum atomic E-state index is -0.372. The molecule has 0 unspecified atom stereocenters. The average Bonchev–Trinajstić information content (AvgIpc) is 2.39. The third-order valence-electron chi connectivity index (χ3n) is 4.08. The Labute approximate surface area is 120 Å². The van der Waals surface area contributed by atoms with E-state index in [0.717, 1.165) is 18.7 Å². The molecule has 0 aliphatic carbocycles. The maximum Gasteiger partial charge on any atom is 0.156 e. The number of rotatable bonds is 4. The molecule has 104 valence electrons. The number of Topliss-reactive ketones (excluding diaryl/α,β-unsaturated/α-hetero) is 1. The smallest absolute Gasteiger partial charge is 0.156 e. The van der Waals surface area contributed by atoms with Gasteiger partial charge in [-0.2, -0.15) is 0 Å². The molecule has 1 saturated heterocycles. The zero-order chi connectivity index (χ0) is 13.9. The second-order valence-corrected chi connectivity index (χ2v) is 6.27. The third-order valence-corrected chi connectivity index (χ3v) is 4.32. The largest absolute Gasteiger partial charge is 0.297 e. The maximum absolute atomic E-state index is 12.6. The van der Waals surface area contributed by atoms with E-state index >= 15 is 0 Å². The molecule has 1 aliphatic heterocycles. The number of likely N-dealkylation sites (tertiary alicyclic amines) is 1. The summed E-state index contributed by atoms with van der Waals surface area (Å²) >= 11 is 5.97. The van der Waals surface area contributed by atoms with E-state index in [2.05, 4.69) is 4.90 Å². The van der Waals surface area contributed by atoms with Crippen molar-refractivity contribution in [3.05, 3.63) is 34.9 Å². The van der Waals surface area contributed by atoms with Crippen molar-refractivity contribution in [1.29, 1.82) is 0 Å². The predicted molar refractivity (Wildman–Crippen MR) is 79.7 cm³/mol. The lowest BCUT2D eigenvalue weighted by Crippen LogP contribution is -2.52. The molecule has 1 aromatic carbocycles. The van der Waals surface area contributed by atoms with E-state index in [9.17, 15) is 4.79 Å². The Hall–Kier alpha value is -0.860. The van der Waals surface area contributed by atoms with Crippen molar-refractivity contribution < 1.29 is 4.79 Å². The van der Waals surface area contributed by atoms with Gasteiger partial charge in [-0.05, 0) is 57.5 Å². The van der Waals surface area contributed by atoms with Gasteiger partial charge < -0.3 is 0 Å². The Balaban J connectivity index is 2.05. The van der Waals surface area contributed by atoms with Gasteiger partial charge in [0.2, 0.25) is 0 Å². The molecule has 1 fully saturated rings. The number of hydrogen-bond acceptors (Lipinski definition) is 2. The van der Waals surface area contributed by atoms with Gasteiger partial charge in [-0.1, -0.05) is 30.2 Å². The van der Waals surface area contributed by atoms with Crippen LogP contribution >= 0.6 is 11.6 Å². The zero-order valence-corrected chi connectivity index (χ0v) is 12.5. The van der Waals surface area contributed by atoms with Crippen LogP contribution in [0, 0.1) is 0 Å². The van der Waals surface area contributed by atoms with Crippen molar-refractivity contribution in [3.63, 3.8) is 0 Å². The highest BCUT2D eigenvalue weighted by molar-refractivity contribution is 6.30. The van der Waals surface area contributed by atoms with E-state index in [0.29, 0.717) is 11.4 Å². The number of ketones is 1. The van der Waals surface area contributed by atoms with Crippen molar-refractivity contribution in [2.24, 2.45) is 0 Å². The molecule has 0 bridgehead atoms. The molecule has 0 saturated carbocycles. The van der Waals surface area contributed by atoms with E-state index in [1.54, 1.807) is 0 Å². The second kappa shape index (κ2) is 6.06. The molecule has 0 atom stereocenters. The number of carbonyl (C=O) groups excluding carboxylic acids is 1. The maximum atomic E-state index is 12.6. The number of nitrogens with zero attached hydrogens (tertiary/aromatic N) is 1. The fraction of sp³-hybridized carbons (Fsp3) is 0.562. The topological polar surface area (TPSA) is 20.3 Å². The number of benzene rings is 1. The van der Waals surface area contributed by atoms with Crippen molar-refractivity contribution in [2.75, 3.05) is 13.1 Å². The van der Waals surface area contributed by atoms with Crippen LogP contribution < -0.4 is 0 Å². The van der Waals surface area contributed by atoms with Gasteiger partial charge in [-0.15, -0.1) is 0 Å². The predicted octanol–water partition coefficient (Wildman–Crippen LogP) is 3.72. The lowest BCUT2D eigenvalue weighted by Gasteiger charge is -2.39. The molecule has 0 aromatic heterocycles. The van der Waals surface area contributed by atoms with Crippen molar-refractivity contribution in [2.45, 2.75) is 45.1 Å². The molecule has 2 rings (SSSR count). The zero-order valence-electron chi connectivity index (χ0n) is 11.8. The highest BCUT2D eigenvalue weighted by atomic mass is 35.5. The number of carbonyl (C=O) groups is 1. The van der Waals surface area contributed by atoms with Gasteiger partial charge in [-0.25, -0.2) is 0 Å². The normalized spacial score (nSPS) is 17.4. The van der Waals surface area contributed by atoms with Crippen LogP contribution in [0.3, 0.4) is 0 Å². The molecule has 1 heterocycles. The van der Waals surface area contributed by atoms with Crippen molar-refractivity contribution in [3.8, 4) is 0 Å². The van der Waals surface area contributed by atoms with Crippen LogP contribution in [0.5, 0.6) is 0 Å². The Kier molecular flexibility index (Phi) is 4.64. The number of piperidine rings is 1. The van der Waals surface area contributed by atoms with E-state index in [1.807, 2.05) is 38.1 Å². The van der Waals surface area contributed by atoms with E-state index in [1.165, 1.54) is 19.3 Å². The second-order valence-electron chi connectivity index (χ2n) is 5.84. The van der Waals surface area contributed by atoms with E-state index in [-0.39, 0.29) is 11.3 Å². The summed E-state index contributed by atoms with van der Waals surface area (Å²) in [6.07, 6.45) is 4.15. The standard InChI is InChI=1S/C16H22ClNO/c1-16(2,18-9-4-3-5-10-18)15(19)12-13-7-6-8-14(17)11-13/h6-8,11H,3-5,9-10,12H2,1-2H3. The lowest BCUT2D eigenvalue weighted by atomic mass is 9.90. The van der Waals surface area contributed by atoms with Crippen molar-refractivity contribution in [1.82, 2.24) is 4.90 Å². The first-order valence-electron chi connectivity index (χ1n) is 7.03. The summed E-state index contributed by atoms with van der Waals surface area (Å²) in [5.41, 5.74) is 0.630. The summed E-state index contributed by atoms with van der Waals surface area (Å²) in [4.78, 5) is 14.9. The molecule has 2 nitrogen and oxygen atoms in total. The summed E-state index contributed by atoms with van der Waals surface area (Å²) in [6, 6.07) is 7.59. The fourth-order valence-corrected chi connectivity index (χ4v) is 2.89. The summed E-state index contributed by atoms with van der Waals surface area (Å²) in [7, 11) is 0. The SMILES string of the molecule is CC(C)(C(=O)Cc1cccc(Cl)c1)N1CCCCC1. The van der Waals surface area contributed by atoms with E-state index < -0.39 is 0 Å². The van der Waals surface area contributed by atoms with Crippen LogP contribution in [0.4, 0.5) is 0 Å². The Morgan fingerprint density at radius 3 is 2.58 bits per heavy atom. The molecule has 0 radical (unpaired) electrons. The molecule has 0 amide bonds. The molecular formula is C16H22ClNO. The Bertz CT molecular complexity index is 450. The summed E-state index contributed by atoms with van der Waals surface area (Å²) in [5.74, 6) is 0.275. The number of halogens is 1. The van der Waals surface area contributed by atoms with Crippen LogP contribution in [0.1, 0.15) is 38.7 Å². The summed E-state index contributed by atoms with van der Waals surface area (Å²) < 4.78 is 0. The summed E-state index contributed by atoms with van der Waals surface area (Å²) in [6.45, 7) is 6.17. The van der Waals surface area contributed by atoms with Gasteiger partial charge in [0.1, 0.15) is 0 Å². The van der Waals surface area contributed by atoms with Crippen LogP contribution in [0.15, 0.2) is 24.3 Å². The molecular weight excluding hydrogens is 258 g/mol. The molecule has 0 N–H and O–H groups in total. The van der Waals surface area contributed by atoms with Gasteiger partial charge in [0.15, 0.2) is 5.78 Å². The first kappa shape index (κ1) is 14.5. The van der Waals surface area contributed by atoms with Gasteiger partial charge in [0.25, 0.3) is 0 Å². The first-order chi connectivity index (χ1) is 9.00.